The van der Waals surface area contributed by atoms with E-state index in [1.54, 1.807) is 19.2 Å². The Labute approximate surface area is 137 Å². The number of likely N-dealkylation sites (tertiary alicyclic amines) is 1. The summed E-state index contributed by atoms with van der Waals surface area (Å²) in [7, 11) is 3.69. The zero-order valence-corrected chi connectivity index (χ0v) is 14.3. The Bertz CT molecular complexity index is 690. The van der Waals surface area contributed by atoms with Crippen LogP contribution in [0.5, 0.6) is 5.75 Å². The van der Waals surface area contributed by atoms with Crippen molar-refractivity contribution in [2.75, 3.05) is 27.2 Å². The summed E-state index contributed by atoms with van der Waals surface area (Å²) >= 11 is 3.31. The molecule has 1 fully saturated rings. The van der Waals surface area contributed by atoms with Crippen molar-refractivity contribution in [3.63, 3.8) is 0 Å². The first kappa shape index (κ1) is 15.4. The number of piperidine rings is 1. The van der Waals surface area contributed by atoms with Gasteiger partial charge in [0.1, 0.15) is 11.3 Å². The minimum atomic E-state index is -0.0812. The molecule has 2 heterocycles. The summed E-state index contributed by atoms with van der Waals surface area (Å²) in [5.41, 5.74) is 1.20. The van der Waals surface area contributed by atoms with Gasteiger partial charge in [0.25, 0.3) is 5.91 Å². The standard InChI is InChI=1S/C16H19BrN2O3/c1-19-5-3-11(4-6-19)18-16(20)10-7-13(21-2)12-9-15(17)22-14(12)8-10/h7-9,11H,3-6H2,1-2H3,(H,18,20). The number of benzene rings is 1. The van der Waals surface area contributed by atoms with Gasteiger partial charge in [-0.1, -0.05) is 0 Å². The van der Waals surface area contributed by atoms with Gasteiger partial charge in [0.05, 0.1) is 12.5 Å². The summed E-state index contributed by atoms with van der Waals surface area (Å²) in [4.78, 5) is 14.8. The van der Waals surface area contributed by atoms with Crippen LogP contribution in [-0.4, -0.2) is 44.1 Å². The number of hydrogen-bond acceptors (Lipinski definition) is 4. The first-order valence-electron chi connectivity index (χ1n) is 7.33. The van der Waals surface area contributed by atoms with Gasteiger partial charge < -0.3 is 19.4 Å². The van der Waals surface area contributed by atoms with Crippen molar-refractivity contribution in [1.82, 2.24) is 10.2 Å². The zero-order valence-electron chi connectivity index (χ0n) is 12.7. The summed E-state index contributed by atoms with van der Waals surface area (Å²) < 4.78 is 11.5. The van der Waals surface area contributed by atoms with Crippen LogP contribution >= 0.6 is 15.9 Å². The van der Waals surface area contributed by atoms with Crippen molar-refractivity contribution in [3.05, 3.63) is 28.4 Å². The van der Waals surface area contributed by atoms with Crippen LogP contribution in [-0.2, 0) is 0 Å². The van der Waals surface area contributed by atoms with Gasteiger partial charge in [-0.15, -0.1) is 0 Å². The highest BCUT2D eigenvalue weighted by Gasteiger charge is 2.20. The molecule has 6 heteroatoms. The second kappa shape index (κ2) is 6.30. The molecule has 0 aliphatic carbocycles. The van der Waals surface area contributed by atoms with E-state index in [-0.39, 0.29) is 11.9 Å². The quantitative estimate of drug-likeness (QED) is 0.906. The number of fused-ring (bicyclic) bond motifs is 1. The molecule has 22 heavy (non-hydrogen) atoms. The number of amides is 1. The molecule has 1 aliphatic heterocycles. The van der Waals surface area contributed by atoms with E-state index in [0.717, 1.165) is 31.3 Å². The maximum absolute atomic E-state index is 12.5. The van der Waals surface area contributed by atoms with E-state index in [1.807, 2.05) is 6.07 Å². The third-order valence-corrected chi connectivity index (χ3v) is 4.50. The van der Waals surface area contributed by atoms with Gasteiger partial charge in [0.2, 0.25) is 0 Å². The lowest BCUT2D eigenvalue weighted by Crippen LogP contribution is -2.43. The Hall–Kier alpha value is -1.53. The topological polar surface area (TPSA) is 54.7 Å². The van der Waals surface area contributed by atoms with Crippen molar-refractivity contribution >= 4 is 32.8 Å². The van der Waals surface area contributed by atoms with Crippen molar-refractivity contribution in [1.29, 1.82) is 0 Å². The molecule has 118 valence electrons. The first-order valence-corrected chi connectivity index (χ1v) is 8.12. The number of rotatable bonds is 3. The van der Waals surface area contributed by atoms with Crippen molar-refractivity contribution < 1.29 is 13.9 Å². The zero-order chi connectivity index (χ0) is 15.7. The fourth-order valence-electron chi connectivity index (χ4n) is 2.80. The van der Waals surface area contributed by atoms with Gasteiger partial charge in [-0.05, 0) is 61.0 Å². The summed E-state index contributed by atoms with van der Waals surface area (Å²) in [5, 5.41) is 3.96. The second-order valence-corrected chi connectivity index (χ2v) is 6.47. The third-order valence-electron chi connectivity index (χ3n) is 4.11. The number of nitrogens with zero attached hydrogens (tertiary/aromatic N) is 1. The van der Waals surface area contributed by atoms with E-state index in [2.05, 4.69) is 33.2 Å². The van der Waals surface area contributed by atoms with Crippen molar-refractivity contribution in [2.24, 2.45) is 0 Å². The number of carbonyl (C=O) groups is 1. The molecule has 3 rings (SSSR count). The van der Waals surface area contributed by atoms with Gasteiger partial charge in [-0.3, -0.25) is 4.79 Å². The van der Waals surface area contributed by atoms with Crippen molar-refractivity contribution in [3.8, 4) is 5.75 Å². The second-order valence-electron chi connectivity index (χ2n) is 5.69. The van der Waals surface area contributed by atoms with E-state index in [4.69, 9.17) is 9.15 Å². The minimum absolute atomic E-state index is 0.0812. The van der Waals surface area contributed by atoms with Gasteiger partial charge in [0.15, 0.2) is 4.67 Å². The van der Waals surface area contributed by atoms with Gasteiger partial charge in [0, 0.05) is 17.7 Å². The van der Waals surface area contributed by atoms with Crippen LogP contribution in [0.25, 0.3) is 11.0 Å². The van der Waals surface area contributed by atoms with Crippen LogP contribution in [0, 0.1) is 0 Å². The Morgan fingerprint density at radius 3 is 2.77 bits per heavy atom. The molecule has 1 saturated heterocycles. The minimum Gasteiger partial charge on any atom is -0.496 e. The summed E-state index contributed by atoms with van der Waals surface area (Å²) in [6.45, 7) is 2.02. The van der Waals surface area contributed by atoms with E-state index in [0.29, 0.717) is 21.6 Å². The van der Waals surface area contributed by atoms with Gasteiger partial charge in [-0.2, -0.15) is 0 Å². The van der Waals surface area contributed by atoms with Crippen LogP contribution in [0.2, 0.25) is 0 Å². The van der Waals surface area contributed by atoms with Crippen molar-refractivity contribution in [2.45, 2.75) is 18.9 Å². The Morgan fingerprint density at radius 2 is 2.09 bits per heavy atom. The SMILES string of the molecule is COc1cc(C(=O)NC2CCN(C)CC2)cc2oc(Br)cc12. The Kier molecular flexibility index (Phi) is 4.40. The molecule has 1 aromatic carbocycles. The third kappa shape index (κ3) is 3.13. The monoisotopic (exact) mass is 366 g/mol. The summed E-state index contributed by atoms with van der Waals surface area (Å²) in [5.74, 6) is 0.558. The molecular formula is C16H19BrN2O3. The van der Waals surface area contributed by atoms with Crippen LogP contribution in [0.1, 0.15) is 23.2 Å². The predicted octanol–water partition coefficient (Wildman–Crippen LogP) is 3.03. The van der Waals surface area contributed by atoms with E-state index in [9.17, 15) is 4.79 Å². The number of methoxy groups -OCH3 is 1. The predicted molar refractivity (Wildman–Crippen MR) is 88.5 cm³/mol. The lowest BCUT2D eigenvalue weighted by atomic mass is 10.0. The van der Waals surface area contributed by atoms with Crippen LogP contribution in [0.3, 0.4) is 0 Å². The van der Waals surface area contributed by atoms with Crippen LogP contribution in [0.4, 0.5) is 0 Å². The molecule has 1 aliphatic rings. The largest absolute Gasteiger partial charge is 0.496 e. The van der Waals surface area contributed by atoms with Gasteiger partial charge in [-0.25, -0.2) is 0 Å². The molecule has 0 bridgehead atoms. The number of ether oxygens (including phenoxy) is 1. The Morgan fingerprint density at radius 1 is 1.36 bits per heavy atom. The van der Waals surface area contributed by atoms with E-state index >= 15 is 0 Å². The molecule has 5 nitrogen and oxygen atoms in total. The number of hydrogen-bond donors (Lipinski definition) is 1. The fraction of sp³-hybridized carbons (Fsp3) is 0.438. The highest BCUT2D eigenvalue weighted by molar-refractivity contribution is 9.10. The molecule has 0 radical (unpaired) electrons. The molecule has 2 aromatic rings. The van der Waals surface area contributed by atoms with Crippen LogP contribution < -0.4 is 10.1 Å². The molecule has 0 saturated carbocycles. The number of carbonyl (C=O) groups excluding carboxylic acids is 1. The average molecular weight is 367 g/mol. The highest BCUT2D eigenvalue weighted by Crippen LogP contribution is 2.32. The molecule has 0 spiro atoms. The molecule has 1 amide bonds. The number of nitrogens with one attached hydrogen (secondary N) is 1. The average Bonchev–Trinajstić information content (AvgIpc) is 2.88. The van der Waals surface area contributed by atoms with Gasteiger partial charge >= 0.3 is 0 Å². The molecule has 0 atom stereocenters. The number of halogens is 1. The van der Waals surface area contributed by atoms with E-state index < -0.39 is 0 Å². The normalized spacial score (nSPS) is 16.9. The maximum Gasteiger partial charge on any atom is 0.251 e. The lowest BCUT2D eigenvalue weighted by Gasteiger charge is -2.29. The lowest BCUT2D eigenvalue weighted by molar-refractivity contribution is 0.0916. The Balaban J connectivity index is 1.81. The maximum atomic E-state index is 12.5. The summed E-state index contributed by atoms with van der Waals surface area (Å²) in [6.07, 6.45) is 1.96. The number of furan rings is 1. The first-order chi connectivity index (χ1) is 10.6. The van der Waals surface area contributed by atoms with E-state index in [1.165, 1.54) is 0 Å². The molecule has 1 aromatic heterocycles. The molecular weight excluding hydrogens is 348 g/mol. The highest BCUT2D eigenvalue weighted by atomic mass is 79.9. The fourth-order valence-corrected chi connectivity index (χ4v) is 3.20. The smallest absolute Gasteiger partial charge is 0.251 e. The van der Waals surface area contributed by atoms with Crippen LogP contribution in [0.15, 0.2) is 27.3 Å². The molecule has 1 N–H and O–H groups in total. The molecule has 0 unspecified atom stereocenters. The summed E-state index contributed by atoms with van der Waals surface area (Å²) in [6, 6.07) is 5.59.